The number of fused-ring (bicyclic) bond motifs is 1. The van der Waals surface area contributed by atoms with Crippen LogP contribution in [0.15, 0.2) is 42.1 Å². The number of urea groups is 1. The summed E-state index contributed by atoms with van der Waals surface area (Å²) in [6, 6.07) is 6.85. The Labute approximate surface area is 163 Å². The Morgan fingerprint density at radius 1 is 1.18 bits per heavy atom. The molecule has 2 N–H and O–H groups in total. The van der Waals surface area contributed by atoms with Crippen molar-refractivity contribution in [1.82, 2.24) is 15.2 Å². The molecule has 0 bridgehead atoms. The van der Waals surface area contributed by atoms with E-state index in [0.29, 0.717) is 12.1 Å². The average molecular weight is 383 g/mol. The second-order valence-corrected chi connectivity index (χ2v) is 6.91. The molecule has 2 aromatic rings. The third-order valence-electron chi connectivity index (χ3n) is 4.82. The van der Waals surface area contributed by atoms with Gasteiger partial charge in [-0.25, -0.2) is 9.59 Å². The van der Waals surface area contributed by atoms with Crippen molar-refractivity contribution in [2.75, 3.05) is 13.2 Å². The quantitative estimate of drug-likeness (QED) is 0.593. The standard InChI is InChI=1S/C21H25N3O4/c1-24-13-17(16-9-5-6-10-18(16)24)20(26)28-14-19(25)23-21(27)22-12-11-15-7-3-2-4-8-15/h5-7,9-10,13H,2-4,8,11-12,14H2,1H3,(H2,22,23,25,27). The van der Waals surface area contributed by atoms with Gasteiger partial charge in [0.15, 0.2) is 6.61 Å². The van der Waals surface area contributed by atoms with Gasteiger partial charge < -0.3 is 14.6 Å². The van der Waals surface area contributed by atoms with Crippen LogP contribution in [0.25, 0.3) is 10.9 Å². The maximum atomic E-state index is 12.3. The van der Waals surface area contributed by atoms with Crippen LogP contribution in [0.5, 0.6) is 0 Å². The highest BCUT2D eigenvalue weighted by atomic mass is 16.5. The van der Waals surface area contributed by atoms with E-state index in [9.17, 15) is 14.4 Å². The summed E-state index contributed by atoms with van der Waals surface area (Å²) in [5, 5.41) is 5.58. The molecule has 3 amide bonds. The van der Waals surface area contributed by atoms with Crippen LogP contribution in [0, 0.1) is 0 Å². The van der Waals surface area contributed by atoms with Crippen molar-refractivity contribution in [1.29, 1.82) is 0 Å². The van der Waals surface area contributed by atoms with Crippen LogP contribution in [-0.4, -0.2) is 35.6 Å². The summed E-state index contributed by atoms with van der Waals surface area (Å²) >= 11 is 0. The molecule has 0 saturated heterocycles. The third kappa shape index (κ3) is 5.00. The Morgan fingerprint density at radius 3 is 2.79 bits per heavy atom. The molecular formula is C21H25N3O4. The molecular weight excluding hydrogens is 358 g/mol. The first-order valence-corrected chi connectivity index (χ1v) is 9.51. The molecule has 7 nitrogen and oxygen atoms in total. The van der Waals surface area contributed by atoms with E-state index in [-0.39, 0.29) is 0 Å². The van der Waals surface area contributed by atoms with Crippen molar-refractivity contribution in [3.8, 4) is 0 Å². The van der Waals surface area contributed by atoms with E-state index >= 15 is 0 Å². The number of nitrogens with one attached hydrogen (secondary N) is 2. The van der Waals surface area contributed by atoms with E-state index in [1.165, 1.54) is 18.4 Å². The van der Waals surface area contributed by atoms with Gasteiger partial charge in [0.25, 0.3) is 5.91 Å². The lowest BCUT2D eigenvalue weighted by molar-refractivity contribution is -0.123. The fourth-order valence-electron chi connectivity index (χ4n) is 3.39. The van der Waals surface area contributed by atoms with E-state index in [4.69, 9.17) is 4.74 Å². The smallest absolute Gasteiger partial charge is 0.340 e. The highest BCUT2D eigenvalue weighted by molar-refractivity contribution is 6.05. The monoisotopic (exact) mass is 383 g/mol. The van der Waals surface area contributed by atoms with E-state index in [1.54, 1.807) is 6.20 Å². The van der Waals surface area contributed by atoms with Crippen molar-refractivity contribution >= 4 is 28.8 Å². The lowest BCUT2D eigenvalue weighted by Crippen LogP contribution is -2.41. The minimum Gasteiger partial charge on any atom is -0.452 e. The summed E-state index contributed by atoms with van der Waals surface area (Å²) in [6.45, 7) is -0.0403. The van der Waals surface area contributed by atoms with Crippen LogP contribution in [0.2, 0.25) is 0 Å². The Balaban J connectivity index is 1.42. The number of benzene rings is 1. The van der Waals surface area contributed by atoms with Crippen molar-refractivity contribution in [2.45, 2.75) is 32.1 Å². The normalized spacial score (nSPS) is 13.7. The Kier molecular flexibility index (Phi) is 6.47. The zero-order valence-electron chi connectivity index (χ0n) is 16.0. The summed E-state index contributed by atoms with van der Waals surface area (Å²) in [7, 11) is 1.83. The number of imide groups is 1. The number of nitrogens with zero attached hydrogens (tertiary/aromatic N) is 1. The number of carbonyl (C=O) groups is 3. The molecule has 1 aliphatic rings. The fourth-order valence-corrected chi connectivity index (χ4v) is 3.39. The number of amides is 3. The number of esters is 1. The lowest BCUT2D eigenvalue weighted by Gasteiger charge is -2.13. The SMILES string of the molecule is Cn1cc(C(=O)OCC(=O)NC(=O)NCCC2=CCCCC2)c2ccccc21. The second kappa shape index (κ2) is 9.21. The van der Waals surface area contributed by atoms with Crippen LogP contribution in [0.4, 0.5) is 4.79 Å². The number of ether oxygens (including phenoxy) is 1. The molecule has 1 aromatic heterocycles. The zero-order chi connectivity index (χ0) is 19.9. The van der Waals surface area contributed by atoms with E-state index in [2.05, 4.69) is 16.7 Å². The van der Waals surface area contributed by atoms with Crippen LogP contribution in [-0.2, 0) is 16.6 Å². The van der Waals surface area contributed by atoms with Crippen molar-refractivity contribution in [3.63, 3.8) is 0 Å². The van der Waals surface area contributed by atoms with Gasteiger partial charge in [-0.1, -0.05) is 29.8 Å². The number of aromatic nitrogens is 1. The van der Waals surface area contributed by atoms with E-state index in [0.717, 1.165) is 30.2 Å². The van der Waals surface area contributed by atoms with Crippen LogP contribution in [0.1, 0.15) is 42.5 Å². The van der Waals surface area contributed by atoms with Crippen molar-refractivity contribution in [3.05, 3.63) is 47.7 Å². The van der Waals surface area contributed by atoms with Crippen LogP contribution < -0.4 is 10.6 Å². The third-order valence-corrected chi connectivity index (χ3v) is 4.82. The number of aryl methyl sites for hydroxylation is 1. The number of carbonyl (C=O) groups excluding carboxylic acids is 3. The van der Waals surface area contributed by atoms with E-state index in [1.807, 2.05) is 35.9 Å². The fraction of sp³-hybridized carbons (Fsp3) is 0.381. The molecule has 1 aromatic carbocycles. The maximum Gasteiger partial charge on any atom is 0.340 e. The minimum atomic E-state index is -0.664. The van der Waals surface area contributed by atoms with Gasteiger partial charge in [-0.3, -0.25) is 10.1 Å². The van der Waals surface area contributed by atoms with Crippen molar-refractivity contribution in [2.24, 2.45) is 7.05 Å². The predicted octanol–water partition coefficient (Wildman–Crippen LogP) is 3.05. The summed E-state index contributed by atoms with van der Waals surface area (Å²) in [6.07, 6.45) is 9.27. The summed E-state index contributed by atoms with van der Waals surface area (Å²) in [5.41, 5.74) is 2.63. The summed E-state index contributed by atoms with van der Waals surface area (Å²) < 4.78 is 6.88. The van der Waals surface area contributed by atoms with Crippen molar-refractivity contribution < 1.29 is 19.1 Å². The molecule has 0 fully saturated rings. The summed E-state index contributed by atoms with van der Waals surface area (Å²) in [4.78, 5) is 35.9. The van der Waals surface area contributed by atoms with Gasteiger partial charge in [-0.05, 0) is 38.2 Å². The van der Waals surface area contributed by atoms with Crippen LogP contribution in [0.3, 0.4) is 0 Å². The second-order valence-electron chi connectivity index (χ2n) is 6.91. The molecule has 0 saturated carbocycles. The van der Waals surface area contributed by atoms with Gasteiger partial charge in [-0.15, -0.1) is 0 Å². The molecule has 3 rings (SSSR count). The van der Waals surface area contributed by atoms with Gasteiger partial charge in [0.05, 0.1) is 5.56 Å². The largest absolute Gasteiger partial charge is 0.452 e. The maximum absolute atomic E-state index is 12.3. The first-order chi connectivity index (χ1) is 13.5. The van der Waals surface area contributed by atoms with Gasteiger partial charge in [0, 0.05) is 30.7 Å². The minimum absolute atomic E-state index is 0.385. The molecule has 28 heavy (non-hydrogen) atoms. The highest BCUT2D eigenvalue weighted by Gasteiger charge is 2.17. The average Bonchev–Trinajstić information content (AvgIpc) is 3.04. The topological polar surface area (TPSA) is 89.4 Å². The Morgan fingerprint density at radius 2 is 2.00 bits per heavy atom. The lowest BCUT2D eigenvalue weighted by atomic mass is 9.97. The Bertz CT molecular complexity index is 914. The predicted molar refractivity (Wildman–Crippen MR) is 106 cm³/mol. The molecule has 1 heterocycles. The number of hydrogen-bond acceptors (Lipinski definition) is 4. The number of hydrogen-bond donors (Lipinski definition) is 2. The Hall–Kier alpha value is -3.09. The molecule has 7 heteroatoms. The molecule has 0 atom stereocenters. The molecule has 0 radical (unpaired) electrons. The molecule has 0 aliphatic heterocycles. The first kappa shape index (κ1) is 19.7. The highest BCUT2D eigenvalue weighted by Crippen LogP contribution is 2.21. The molecule has 1 aliphatic carbocycles. The number of rotatable bonds is 6. The molecule has 0 spiro atoms. The summed E-state index contributed by atoms with van der Waals surface area (Å²) in [5.74, 6) is -1.26. The van der Waals surface area contributed by atoms with Gasteiger partial charge in [0.1, 0.15) is 0 Å². The first-order valence-electron chi connectivity index (χ1n) is 9.51. The number of para-hydroxylation sites is 1. The van der Waals surface area contributed by atoms with Gasteiger partial charge in [0.2, 0.25) is 0 Å². The van der Waals surface area contributed by atoms with Gasteiger partial charge in [-0.2, -0.15) is 0 Å². The van der Waals surface area contributed by atoms with Gasteiger partial charge >= 0.3 is 12.0 Å². The zero-order valence-corrected chi connectivity index (χ0v) is 16.0. The van der Waals surface area contributed by atoms with Crippen LogP contribution >= 0.6 is 0 Å². The molecule has 148 valence electrons. The number of allylic oxidation sites excluding steroid dienone is 1. The van der Waals surface area contributed by atoms with E-state index < -0.39 is 24.5 Å². The molecule has 0 unspecified atom stereocenters.